The zero-order valence-electron chi connectivity index (χ0n) is 10.5. The average molecular weight is 241 g/mol. The minimum absolute atomic E-state index is 0.225. The maximum absolute atomic E-state index is 11.7. The highest BCUT2D eigenvalue weighted by atomic mass is 16.6. The topological polar surface area (TPSA) is 56.8 Å². The highest BCUT2D eigenvalue weighted by Gasteiger charge is 2.34. The van der Waals surface area contributed by atoms with E-state index in [4.69, 9.17) is 20.6 Å². The second-order valence-electron chi connectivity index (χ2n) is 4.96. The van der Waals surface area contributed by atoms with Crippen LogP contribution in [0.25, 0.3) is 0 Å². The van der Waals surface area contributed by atoms with Gasteiger partial charge in [-0.05, 0) is 20.8 Å². The van der Waals surface area contributed by atoms with E-state index in [0.717, 1.165) is 0 Å². The molecule has 0 unspecified atom stereocenters. The molecule has 5 nitrogen and oxygen atoms in total. The second kappa shape index (κ2) is 5.39. The predicted molar refractivity (Wildman–Crippen MR) is 62.6 cm³/mol. The summed E-state index contributed by atoms with van der Waals surface area (Å²) < 4.78 is 15.7. The Balaban J connectivity index is 2.62. The van der Waals surface area contributed by atoms with Crippen LogP contribution in [-0.4, -0.2) is 43.7 Å². The fourth-order valence-electron chi connectivity index (χ4n) is 1.34. The Kier molecular flexibility index (Phi) is 4.38. The molecule has 1 N–H and O–H groups in total. The van der Waals surface area contributed by atoms with Gasteiger partial charge in [-0.1, -0.05) is 5.92 Å². The summed E-state index contributed by atoms with van der Waals surface area (Å²) in [4.78, 5) is 11.7. The molecular weight excluding hydrogens is 222 g/mol. The van der Waals surface area contributed by atoms with E-state index in [2.05, 4.69) is 11.2 Å². The molecule has 96 valence electrons. The van der Waals surface area contributed by atoms with Crippen LogP contribution in [0.5, 0.6) is 0 Å². The van der Waals surface area contributed by atoms with Crippen LogP contribution in [0, 0.1) is 12.3 Å². The van der Waals surface area contributed by atoms with Gasteiger partial charge in [-0.3, -0.25) is 0 Å². The first-order valence-electron chi connectivity index (χ1n) is 5.51. The number of terminal acetylenes is 1. The van der Waals surface area contributed by atoms with Crippen molar-refractivity contribution in [2.45, 2.75) is 31.9 Å². The third-order valence-corrected chi connectivity index (χ3v) is 2.09. The van der Waals surface area contributed by atoms with Crippen LogP contribution < -0.4 is 5.32 Å². The molecule has 0 spiro atoms. The minimum Gasteiger partial charge on any atom is -0.444 e. The van der Waals surface area contributed by atoms with Crippen LogP contribution in [0.4, 0.5) is 4.79 Å². The van der Waals surface area contributed by atoms with Crippen molar-refractivity contribution in [1.82, 2.24) is 5.32 Å². The molecule has 5 heteroatoms. The summed E-state index contributed by atoms with van der Waals surface area (Å²) in [6.45, 7) is 6.75. The molecule has 0 aromatic heterocycles. The largest absolute Gasteiger partial charge is 0.444 e. The van der Waals surface area contributed by atoms with E-state index in [-0.39, 0.29) is 13.2 Å². The zero-order chi connectivity index (χ0) is 12.9. The Hall–Kier alpha value is -1.25. The summed E-state index contributed by atoms with van der Waals surface area (Å²) in [5.41, 5.74) is -1.51. The maximum atomic E-state index is 11.7. The zero-order valence-corrected chi connectivity index (χ0v) is 10.5. The first kappa shape index (κ1) is 13.8. The van der Waals surface area contributed by atoms with Gasteiger partial charge in [-0.15, -0.1) is 6.42 Å². The number of alkyl carbamates (subject to hydrolysis) is 1. The summed E-state index contributed by atoms with van der Waals surface area (Å²) in [6.07, 6.45) is 4.87. The Morgan fingerprint density at radius 3 is 2.29 bits per heavy atom. The molecule has 0 aromatic rings. The van der Waals surface area contributed by atoms with Gasteiger partial charge in [0.15, 0.2) is 5.54 Å². The molecule has 0 aliphatic carbocycles. The molecular formula is C12H19NO4. The highest BCUT2D eigenvalue weighted by Crippen LogP contribution is 2.12. The van der Waals surface area contributed by atoms with Gasteiger partial charge in [0.2, 0.25) is 0 Å². The molecule has 0 bridgehead atoms. The standard InChI is InChI=1S/C12H19NO4/c1-5-12(8-15-6-7-16-9-12)13-10(14)17-11(2,3)4/h1H,6-9H2,2-4H3,(H,13,14). The summed E-state index contributed by atoms with van der Waals surface area (Å²) in [5.74, 6) is 2.51. The van der Waals surface area contributed by atoms with E-state index in [0.29, 0.717) is 13.2 Å². The molecule has 17 heavy (non-hydrogen) atoms. The van der Waals surface area contributed by atoms with Gasteiger partial charge in [0, 0.05) is 0 Å². The van der Waals surface area contributed by atoms with Crippen LogP contribution in [0.1, 0.15) is 20.8 Å². The van der Waals surface area contributed by atoms with E-state index in [1.54, 1.807) is 20.8 Å². The number of nitrogens with one attached hydrogen (secondary N) is 1. The van der Waals surface area contributed by atoms with Gasteiger partial charge in [0.05, 0.1) is 26.4 Å². The van der Waals surface area contributed by atoms with Crippen molar-refractivity contribution < 1.29 is 19.0 Å². The van der Waals surface area contributed by atoms with Crippen molar-refractivity contribution >= 4 is 6.09 Å². The number of carbonyl (C=O) groups excluding carboxylic acids is 1. The summed E-state index contributed by atoms with van der Waals surface area (Å²) in [7, 11) is 0. The summed E-state index contributed by atoms with van der Waals surface area (Å²) in [5, 5.41) is 2.63. The molecule has 1 amide bonds. The molecule has 0 saturated carbocycles. The number of hydrogen-bond acceptors (Lipinski definition) is 4. The normalized spacial score (nSPS) is 19.9. The lowest BCUT2D eigenvalue weighted by Crippen LogP contribution is -2.54. The van der Waals surface area contributed by atoms with Crippen molar-refractivity contribution in [3.63, 3.8) is 0 Å². The monoisotopic (exact) mass is 241 g/mol. The summed E-state index contributed by atoms with van der Waals surface area (Å²) in [6, 6.07) is 0. The fraction of sp³-hybridized carbons (Fsp3) is 0.750. The minimum atomic E-state index is -0.946. The Labute approximate surface area is 102 Å². The van der Waals surface area contributed by atoms with Crippen molar-refractivity contribution in [3.8, 4) is 12.3 Å². The molecule has 1 fully saturated rings. The lowest BCUT2D eigenvalue weighted by atomic mass is 10.0. The third kappa shape index (κ3) is 4.63. The average Bonchev–Trinajstić information content (AvgIpc) is 2.41. The lowest BCUT2D eigenvalue weighted by Gasteiger charge is -2.28. The number of ether oxygens (including phenoxy) is 3. The van der Waals surface area contributed by atoms with Gasteiger partial charge >= 0.3 is 6.09 Å². The van der Waals surface area contributed by atoms with Crippen molar-refractivity contribution in [3.05, 3.63) is 0 Å². The number of hydrogen-bond donors (Lipinski definition) is 1. The highest BCUT2D eigenvalue weighted by molar-refractivity contribution is 5.69. The van der Waals surface area contributed by atoms with Crippen LogP contribution >= 0.6 is 0 Å². The van der Waals surface area contributed by atoms with Crippen LogP contribution in [0.3, 0.4) is 0 Å². The van der Waals surface area contributed by atoms with Crippen LogP contribution in [0.15, 0.2) is 0 Å². The lowest BCUT2D eigenvalue weighted by molar-refractivity contribution is 0.0385. The predicted octanol–water partition coefficient (Wildman–Crippen LogP) is 0.930. The maximum Gasteiger partial charge on any atom is 0.409 e. The number of amides is 1. The number of carbonyl (C=O) groups is 1. The van der Waals surface area contributed by atoms with E-state index in [1.807, 2.05) is 0 Å². The first-order valence-corrected chi connectivity index (χ1v) is 5.51. The molecule has 0 aromatic carbocycles. The number of rotatable bonds is 1. The molecule has 1 saturated heterocycles. The molecule has 1 rings (SSSR count). The fourth-order valence-corrected chi connectivity index (χ4v) is 1.34. The van der Waals surface area contributed by atoms with Crippen molar-refractivity contribution in [1.29, 1.82) is 0 Å². The smallest absolute Gasteiger partial charge is 0.409 e. The van der Waals surface area contributed by atoms with Gasteiger partial charge in [-0.25, -0.2) is 4.79 Å². The van der Waals surface area contributed by atoms with Gasteiger partial charge in [0.25, 0.3) is 0 Å². The molecule has 1 aliphatic rings. The molecule has 1 heterocycles. The van der Waals surface area contributed by atoms with Gasteiger partial charge in [-0.2, -0.15) is 0 Å². The quantitative estimate of drug-likeness (QED) is 0.694. The summed E-state index contributed by atoms with van der Waals surface area (Å²) >= 11 is 0. The van der Waals surface area contributed by atoms with E-state index in [9.17, 15) is 4.79 Å². The Bertz CT molecular complexity index is 305. The van der Waals surface area contributed by atoms with E-state index in [1.165, 1.54) is 0 Å². The molecule has 1 aliphatic heterocycles. The van der Waals surface area contributed by atoms with Gasteiger partial charge < -0.3 is 19.5 Å². The van der Waals surface area contributed by atoms with E-state index < -0.39 is 17.2 Å². The Morgan fingerprint density at radius 2 is 1.88 bits per heavy atom. The van der Waals surface area contributed by atoms with E-state index >= 15 is 0 Å². The van der Waals surface area contributed by atoms with Gasteiger partial charge in [0.1, 0.15) is 5.60 Å². The molecule has 0 radical (unpaired) electrons. The van der Waals surface area contributed by atoms with Crippen LogP contribution in [-0.2, 0) is 14.2 Å². The first-order chi connectivity index (χ1) is 7.87. The van der Waals surface area contributed by atoms with Crippen molar-refractivity contribution in [2.24, 2.45) is 0 Å². The second-order valence-corrected chi connectivity index (χ2v) is 4.96. The van der Waals surface area contributed by atoms with Crippen molar-refractivity contribution in [2.75, 3.05) is 26.4 Å². The SMILES string of the molecule is C#CC1(NC(=O)OC(C)(C)C)COCCOC1. The third-order valence-electron chi connectivity index (χ3n) is 2.09. The van der Waals surface area contributed by atoms with Crippen LogP contribution in [0.2, 0.25) is 0 Å². The Morgan fingerprint density at radius 1 is 1.35 bits per heavy atom. The molecule has 0 atom stereocenters.